The van der Waals surface area contributed by atoms with Crippen LogP contribution in [-0.2, 0) is 9.59 Å². The van der Waals surface area contributed by atoms with Gasteiger partial charge in [-0.25, -0.2) is 0 Å². The molecule has 0 saturated heterocycles. The Balaban J connectivity index is 3.61. The average molecular weight is 247 g/mol. The van der Waals surface area contributed by atoms with Crippen molar-refractivity contribution in [2.45, 2.75) is 44.3 Å². The van der Waals surface area contributed by atoms with E-state index in [2.05, 4.69) is 12.6 Å². The predicted molar refractivity (Wildman–Crippen MR) is 65.8 cm³/mol. The van der Waals surface area contributed by atoms with Crippen LogP contribution >= 0.6 is 12.6 Å². The molecule has 1 atom stereocenters. The van der Waals surface area contributed by atoms with E-state index in [9.17, 15) is 14.8 Å². The summed E-state index contributed by atoms with van der Waals surface area (Å²) in [6, 6.07) is 0. The highest BCUT2D eigenvalue weighted by molar-refractivity contribution is 7.81. The lowest BCUT2D eigenvalue weighted by molar-refractivity contribution is -0.128. The Morgan fingerprint density at radius 3 is 2.50 bits per heavy atom. The van der Waals surface area contributed by atoms with Gasteiger partial charge in [0, 0.05) is 13.0 Å². The highest BCUT2D eigenvalue weighted by Crippen LogP contribution is 2.07. The zero-order chi connectivity index (χ0) is 12.6. The van der Waals surface area contributed by atoms with Gasteiger partial charge in [0.05, 0.1) is 5.25 Å². The molecule has 0 aromatic rings. The number of hydroxylamine groups is 2. The largest absolute Gasteiger partial charge is 0.756 e. The molecule has 0 aliphatic heterocycles. The number of hydrogen-bond acceptors (Lipinski definition) is 4. The van der Waals surface area contributed by atoms with Crippen molar-refractivity contribution in [3.63, 3.8) is 0 Å². The van der Waals surface area contributed by atoms with Crippen LogP contribution in [0.4, 0.5) is 0 Å². The normalized spacial score (nSPS) is 12.2. The summed E-state index contributed by atoms with van der Waals surface area (Å²) in [5.74, 6) is -0.822. The zero-order valence-electron chi connectivity index (χ0n) is 9.52. The number of nitrogens with zero attached hydrogens (tertiary/aromatic N) is 1. The maximum absolute atomic E-state index is 11.3. The van der Waals surface area contributed by atoms with Crippen LogP contribution in [-0.4, -0.2) is 28.7 Å². The van der Waals surface area contributed by atoms with Gasteiger partial charge in [-0.05, 0) is 19.3 Å². The minimum atomic E-state index is -0.511. The van der Waals surface area contributed by atoms with Gasteiger partial charge >= 0.3 is 0 Å². The molecule has 5 nitrogen and oxygen atoms in total. The van der Waals surface area contributed by atoms with E-state index in [-0.39, 0.29) is 12.5 Å². The monoisotopic (exact) mass is 247 g/mol. The van der Waals surface area contributed by atoms with Crippen LogP contribution in [0.3, 0.4) is 0 Å². The van der Waals surface area contributed by atoms with E-state index in [1.807, 2.05) is 0 Å². The Morgan fingerprint density at radius 2 is 2.00 bits per heavy atom. The van der Waals surface area contributed by atoms with Crippen LogP contribution in [0.25, 0.3) is 0 Å². The van der Waals surface area contributed by atoms with Crippen molar-refractivity contribution in [2.75, 3.05) is 6.54 Å². The molecular weight excluding hydrogens is 228 g/mol. The molecule has 1 unspecified atom stereocenters. The number of carbonyl (C=O) groups excluding carboxylic acids is 2. The predicted octanol–water partition coefficient (Wildman–Crippen LogP) is 1.07. The highest BCUT2D eigenvalue weighted by atomic mass is 32.1. The van der Waals surface area contributed by atoms with Gasteiger partial charge in [-0.3, -0.25) is 9.59 Å². The van der Waals surface area contributed by atoms with Crippen molar-refractivity contribution in [1.82, 2.24) is 5.06 Å². The van der Waals surface area contributed by atoms with Crippen molar-refractivity contribution in [3.05, 3.63) is 5.21 Å². The molecule has 0 heterocycles. The fourth-order valence-electron chi connectivity index (χ4n) is 1.18. The first-order chi connectivity index (χ1) is 7.49. The maximum Gasteiger partial charge on any atom is 0.224 e. The third-order valence-electron chi connectivity index (χ3n) is 2.20. The first-order valence-electron chi connectivity index (χ1n) is 5.44. The Labute approximate surface area is 101 Å². The molecule has 2 amide bonds. The van der Waals surface area contributed by atoms with E-state index >= 15 is 0 Å². The van der Waals surface area contributed by atoms with Crippen LogP contribution in [0, 0.1) is 5.21 Å². The molecule has 0 fully saturated rings. The summed E-state index contributed by atoms with van der Waals surface area (Å²) < 4.78 is 0. The van der Waals surface area contributed by atoms with Crippen molar-refractivity contribution < 1.29 is 9.59 Å². The van der Waals surface area contributed by atoms with E-state index in [1.54, 1.807) is 6.92 Å². The molecule has 0 aromatic carbocycles. The van der Waals surface area contributed by atoms with Crippen LogP contribution in [0.15, 0.2) is 0 Å². The first-order valence-corrected chi connectivity index (χ1v) is 5.95. The van der Waals surface area contributed by atoms with Gasteiger partial charge in [0.2, 0.25) is 11.8 Å². The molecule has 6 heteroatoms. The van der Waals surface area contributed by atoms with Gasteiger partial charge in [0.1, 0.15) is 0 Å². The van der Waals surface area contributed by atoms with Gasteiger partial charge in [0.25, 0.3) is 0 Å². The number of nitrogens with two attached hydrogens (primary N) is 1. The Bertz CT molecular complexity index is 236. The van der Waals surface area contributed by atoms with Crippen LogP contribution in [0.1, 0.15) is 39.0 Å². The number of hydrogen-bond donors (Lipinski definition) is 2. The zero-order valence-corrected chi connectivity index (χ0v) is 10.4. The first kappa shape index (κ1) is 15.2. The number of rotatable bonds is 8. The fourth-order valence-corrected chi connectivity index (χ4v) is 1.31. The van der Waals surface area contributed by atoms with E-state index in [1.165, 1.54) is 0 Å². The van der Waals surface area contributed by atoms with Crippen molar-refractivity contribution in [1.29, 1.82) is 0 Å². The number of amides is 2. The Morgan fingerprint density at radius 1 is 1.38 bits per heavy atom. The molecule has 16 heavy (non-hydrogen) atoms. The second-order valence-electron chi connectivity index (χ2n) is 3.64. The summed E-state index contributed by atoms with van der Waals surface area (Å²) in [4.78, 5) is 21.7. The summed E-state index contributed by atoms with van der Waals surface area (Å²) in [7, 11) is 0. The Hall–Kier alpha value is -0.750. The maximum atomic E-state index is 11.3. The van der Waals surface area contributed by atoms with E-state index in [0.717, 1.165) is 6.42 Å². The van der Waals surface area contributed by atoms with Gasteiger partial charge in [0.15, 0.2) is 0 Å². The molecule has 94 valence electrons. The summed E-state index contributed by atoms with van der Waals surface area (Å²) in [5, 5.41) is 11.2. The molecule has 0 radical (unpaired) electrons. The summed E-state index contributed by atoms with van der Waals surface area (Å²) in [6.45, 7) is 1.96. The van der Waals surface area contributed by atoms with Gasteiger partial charge < -0.3 is 16.0 Å². The SMILES string of the molecule is CCC(S)C(=O)N([O-])CCCCCC(N)=O. The number of carbonyl (C=O) groups is 2. The molecule has 0 spiro atoms. The summed E-state index contributed by atoms with van der Waals surface area (Å²) >= 11 is 4.00. The molecule has 0 bridgehead atoms. The number of primary amides is 1. The molecule has 2 N–H and O–H groups in total. The average Bonchev–Trinajstić information content (AvgIpc) is 2.25. The molecule has 0 aliphatic carbocycles. The molecule has 0 aromatic heterocycles. The van der Waals surface area contributed by atoms with Crippen LogP contribution < -0.4 is 5.73 Å². The van der Waals surface area contributed by atoms with Gasteiger partial charge in [-0.15, -0.1) is 0 Å². The van der Waals surface area contributed by atoms with E-state index in [0.29, 0.717) is 30.7 Å². The second kappa shape index (κ2) is 8.41. The van der Waals surface area contributed by atoms with Gasteiger partial charge in [-0.2, -0.15) is 12.6 Å². The minimum absolute atomic E-state index is 0.161. The number of thiol groups is 1. The Kier molecular flexibility index (Phi) is 8.01. The van der Waals surface area contributed by atoms with E-state index in [4.69, 9.17) is 5.73 Å². The lowest BCUT2D eigenvalue weighted by Gasteiger charge is -2.30. The lowest BCUT2D eigenvalue weighted by Crippen LogP contribution is -2.32. The van der Waals surface area contributed by atoms with Crippen molar-refractivity contribution in [3.8, 4) is 0 Å². The molecular formula is C10H19N2O3S-. The smallest absolute Gasteiger partial charge is 0.224 e. The molecule has 0 saturated carbocycles. The van der Waals surface area contributed by atoms with Crippen LogP contribution in [0.5, 0.6) is 0 Å². The second-order valence-corrected chi connectivity index (χ2v) is 4.26. The van der Waals surface area contributed by atoms with Gasteiger partial charge in [-0.1, -0.05) is 13.3 Å². The topological polar surface area (TPSA) is 86.5 Å². The molecule has 0 aliphatic rings. The molecule has 0 rings (SSSR count). The lowest BCUT2D eigenvalue weighted by atomic mass is 10.2. The third-order valence-corrected chi connectivity index (χ3v) is 2.79. The fraction of sp³-hybridized carbons (Fsp3) is 0.800. The van der Waals surface area contributed by atoms with E-state index < -0.39 is 11.2 Å². The third kappa shape index (κ3) is 6.68. The summed E-state index contributed by atoms with van der Waals surface area (Å²) in [5.41, 5.74) is 4.97. The standard InChI is InChI=1S/C10H19N2O3S/c1-2-8(16)10(14)12(15)7-5-3-4-6-9(11)13/h8,16H,2-7H2,1H3,(H2,11,13)/q-1. The van der Waals surface area contributed by atoms with Crippen molar-refractivity contribution >= 4 is 24.4 Å². The van der Waals surface area contributed by atoms with Crippen LogP contribution in [0.2, 0.25) is 0 Å². The number of unbranched alkanes of at least 4 members (excludes halogenated alkanes) is 2. The van der Waals surface area contributed by atoms with Crippen molar-refractivity contribution in [2.24, 2.45) is 5.73 Å². The summed E-state index contributed by atoms with van der Waals surface area (Å²) in [6.07, 6.45) is 2.85. The quantitative estimate of drug-likeness (QED) is 0.382. The minimum Gasteiger partial charge on any atom is -0.756 e. The highest BCUT2D eigenvalue weighted by Gasteiger charge is 2.12.